The highest BCUT2D eigenvalue weighted by molar-refractivity contribution is 6.09. The zero-order valence-electron chi connectivity index (χ0n) is 57.8. The van der Waals surface area contributed by atoms with E-state index in [0.717, 1.165) is 159 Å². The molecule has 486 valence electrons. The Hall–Kier alpha value is -12.2. The minimum atomic E-state index is 0.417. The highest BCUT2D eigenvalue weighted by Crippen LogP contribution is 2.42. The summed E-state index contributed by atoms with van der Waals surface area (Å²) in [6.45, 7) is 23.7. The van der Waals surface area contributed by atoms with E-state index in [0.29, 0.717) is 24.4 Å². The van der Waals surface area contributed by atoms with E-state index in [1.54, 1.807) is 0 Å². The number of hydrogen-bond donors (Lipinski definition) is 0. The summed E-state index contributed by atoms with van der Waals surface area (Å²) in [7, 11) is 0. The van der Waals surface area contributed by atoms with Crippen molar-refractivity contribution in [2.45, 2.75) is 80.3 Å². The van der Waals surface area contributed by atoms with Crippen molar-refractivity contribution in [1.82, 2.24) is 9.13 Å². The highest BCUT2D eigenvalue weighted by Gasteiger charge is 2.30. The predicted molar refractivity (Wildman–Crippen MR) is 418 cm³/mol. The molecule has 0 saturated carbocycles. The lowest BCUT2D eigenvalue weighted by Crippen LogP contribution is -2.25. The Morgan fingerprint density at radius 1 is 0.340 bits per heavy atom. The molecule has 14 rings (SSSR count). The zero-order valence-corrected chi connectivity index (χ0v) is 57.8. The number of benzene rings is 12. The van der Waals surface area contributed by atoms with Crippen LogP contribution in [-0.4, -0.2) is 9.13 Å². The molecule has 14 aromatic rings. The van der Waals surface area contributed by atoms with Crippen molar-refractivity contribution >= 4 is 56.2 Å². The largest absolute Gasteiger partial charge is 0.345 e. The third-order valence-electron chi connectivity index (χ3n) is 19.6. The molecule has 2 aromatic heterocycles. The van der Waals surface area contributed by atoms with E-state index in [2.05, 4.69) is 370 Å². The van der Waals surface area contributed by atoms with Gasteiger partial charge in [-0.2, -0.15) is 5.26 Å². The SMILES string of the molecule is [C-]#[N+]C(c1ccc(N(c2ccc(CC)cc2)c2ccc(CC)cc2)cc1)=c1c2c(-c3ccc(-c4ccccc4)cc3)n(Cc3cccc(C)c3)c(=C(C#N)c3ccc(N(c4ccc(CC)cc4)c4ccc(CC)cc4)cc3)c2c(-c2ccc(-c3ccccc3)cc2)n1Cc1cccc(C)c1. The Bertz CT molecular complexity index is 4980. The minimum absolute atomic E-state index is 0.417. The predicted octanol–water partition coefficient (Wildman–Crippen LogP) is 22.8. The fourth-order valence-electron chi connectivity index (χ4n) is 14.2. The fourth-order valence-corrected chi connectivity index (χ4v) is 14.2. The van der Waals surface area contributed by atoms with Crippen LogP contribution in [0.15, 0.2) is 303 Å². The summed E-state index contributed by atoms with van der Waals surface area (Å²) < 4.78 is 4.81. The fraction of sp³-hybridized carbons (Fsp3) is 0.128. The quantitative estimate of drug-likeness (QED) is 0.0715. The highest BCUT2D eigenvalue weighted by atomic mass is 15.1. The molecule has 0 fully saturated rings. The average Bonchev–Trinajstić information content (AvgIpc) is 1.53. The molecule has 0 amide bonds. The summed E-state index contributed by atoms with van der Waals surface area (Å²) in [6.07, 6.45) is 3.77. The van der Waals surface area contributed by atoms with Gasteiger partial charge in [0.1, 0.15) is 6.07 Å². The van der Waals surface area contributed by atoms with Gasteiger partial charge >= 0.3 is 0 Å². The summed E-state index contributed by atoms with van der Waals surface area (Å²) in [6, 6.07) is 112. The van der Waals surface area contributed by atoms with Gasteiger partial charge in [0.25, 0.3) is 0 Å². The number of fused-ring (bicyclic) bond motifs is 1. The minimum Gasteiger partial charge on any atom is -0.345 e. The molecular formula is C94H80N6. The van der Waals surface area contributed by atoms with Gasteiger partial charge in [0, 0.05) is 58.0 Å². The summed E-state index contributed by atoms with van der Waals surface area (Å²) in [5, 5.41) is 15.8. The van der Waals surface area contributed by atoms with Gasteiger partial charge in [-0.1, -0.05) is 269 Å². The van der Waals surface area contributed by atoms with E-state index < -0.39 is 0 Å². The molecule has 2 heterocycles. The van der Waals surface area contributed by atoms with Crippen LogP contribution in [0.1, 0.15) is 83.3 Å². The molecule has 0 unspecified atom stereocenters. The van der Waals surface area contributed by atoms with Crippen LogP contribution in [0.4, 0.5) is 34.1 Å². The van der Waals surface area contributed by atoms with Crippen molar-refractivity contribution in [2.24, 2.45) is 0 Å². The van der Waals surface area contributed by atoms with Gasteiger partial charge in [-0.25, -0.2) is 4.85 Å². The maximum atomic E-state index is 12.5. The number of rotatable bonds is 20. The van der Waals surface area contributed by atoms with Crippen LogP contribution in [0.5, 0.6) is 0 Å². The average molecular weight is 1290 g/mol. The third kappa shape index (κ3) is 13.2. The molecule has 100 heavy (non-hydrogen) atoms. The number of nitrogens with zero attached hydrogens (tertiary/aromatic N) is 6. The molecule has 0 aliphatic rings. The summed E-state index contributed by atoms with van der Waals surface area (Å²) >= 11 is 0. The standard InChI is InChI=1S/C94H80N6/c1-8-67-28-48-81(49-29-67)99(82-50-30-68(9-2)31-51-82)85-56-44-77(45-57-85)87(62-95)93-88-89(92(97(93)63-71-22-18-20-65(5)60-71)80-42-38-76(39-43-80)74-26-16-13-17-27-74)94(98(64-72-23-19-21-66(6)61-72)91(88)79-40-36-75(37-41-79)73-24-14-12-15-25-73)90(96-7)78-46-58-86(59-47-78)100(83-52-32-69(10-3)33-53-83)84-54-34-70(11-4)35-55-84/h12-61H,8-11,63-64H2,1-6H3. The van der Waals surface area contributed by atoms with Crippen molar-refractivity contribution < 1.29 is 0 Å². The second-order valence-corrected chi connectivity index (χ2v) is 26.0. The Labute approximate surface area is 589 Å². The first-order valence-electron chi connectivity index (χ1n) is 35.0. The van der Waals surface area contributed by atoms with Gasteiger partial charge in [0.15, 0.2) is 0 Å². The lowest BCUT2D eigenvalue weighted by atomic mass is 9.99. The number of hydrogen-bond acceptors (Lipinski definition) is 3. The van der Waals surface area contributed by atoms with Crippen LogP contribution in [0.3, 0.4) is 0 Å². The smallest absolute Gasteiger partial charge is 0.217 e. The van der Waals surface area contributed by atoms with E-state index >= 15 is 0 Å². The Morgan fingerprint density at radius 3 is 0.980 bits per heavy atom. The lowest BCUT2D eigenvalue weighted by Gasteiger charge is -2.26. The molecule has 0 aliphatic carbocycles. The molecule has 0 N–H and O–H groups in total. The first-order chi connectivity index (χ1) is 49.1. The molecule has 6 heteroatoms. The monoisotopic (exact) mass is 1290 g/mol. The molecule has 0 saturated heterocycles. The maximum absolute atomic E-state index is 12.5. The topological polar surface area (TPSA) is 44.5 Å². The molecule has 12 aromatic carbocycles. The molecule has 0 atom stereocenters. The van der Waals surface area contributed by atoms with Crippen LogP contribution in [0.25, 0.3) is 71.7 Å². The van der Waals surface area contributed by atoms with E-state index in [9.17, 15) is 11.8 Å². The third-order valence-corrected chi connectivity index (χ3v) is 19.6. The van der Waals surface area contributed by atoms with Crippen LogP contribution in [0, 0.1) is 31.8 Å². The van der Waals surface area contributed by atoms with Gasteiger partial charge in [-0.3, -0.25) is 0 Å². The molecule has 0 spiro atoms. The first kappa shape index (κ1) is 65.1. The van der Waals surface area contributed by atoms with Gasteiger partial charge in [-0.05, 0) is 190 Å². The molecular weight excluding hydrogens is 1210 g/mol. The molecule has 0 bridgehead atoms. The van der Waals surface area contributed by atoms with Crippen molar-refractivity contribution in [3.8, 4) is 50.8 Å². The second-order valence-electron chi connectivity index (χ2n) is 26.0. The Kier molecular flexibility index (Phi) is 19.0. The Balaban J connectivity index is 1.12. The molecule has 0 radical (unpaired) electrons. The van der Waals surface area contributed by atoms with Crippen molar-refractivity contribution in [3.05, 3.63) is 381 Å². The maximum Gasteiger partial charge on any atom is 0.217 e. The van der Waals surface area contributed by atoms with Crippen LogP contribution < -0.4 is 20.5 Å². The van der Waals surface area contributed by atoms with E-state index in [-0.39, 0.29) is 0 Å². The van der Waals surface area contributed by atoms with Gasteiger partial charge in [0.05, 0.1) is 34.2 Å². The first-order valence-corrected chi connectivity index (χ1v) is 35.0. The van der Waals surface area contributed by atoms with Gasteiger partial charge < -0.3 is 18.9 Å². The number of aryl methyl sites for hydroxylation is 6. The van der Waals surface area contributed by atoms with Crippen LogP contribution >= 0.6 is 0 Å². The number of anilines is 6. The van der Waals surface area contributed by atoms with Gasteiger partial charge in [0.2, 0.25) is 5.70 Å². The van der Waals surface area contributed by atoms with Crippen molar-refractivity contribution in [1.29, 1.82) is 5.26 Å². The number of nitriles is 1. The van der Waals surface area contributed by atoms with Crippen LogP contribution in [0.2, 0.25) is 0 Å². The summed E-state index contributed by atoms with van der Waals surface area (Å²) in [4.78, 5) is 9.39. The molecule has 6 nitrogen and oxygen atoms in total. The second kappa shape index (κ2) is 29.2. The van der Waals surface area contributed by atoms with Crippen molar-refractivity contribution in [3.63, 3.8) is 0 Å². The zero-order chi connectivity index (χ0) is 68.6. The van der Waals surface area contributed by atoms with Gasteiger partial charge in [-0.15, -0.1) is 0 Å². The molecule has 0 aliphatic heterocycles. The van der Waals surface area contributed by atoms with Crippen molar-refractivity contribution in [2.75, 3.05) is 9.80 Å². The van der Waals surface area contributed by atoms with E-state index in [4.69, 9.17) is 4.85 Å². The van der Waals surface area contributed by atoms with E-state index in [1.165, 1.54) is 22.3 Å². The summed E-state index contributed by atoms with van der Waals surface area (Å²) in [5.41, 5.74) is 26.3. The lowest BCUT2D eigenvalue weighted by molar-refractivity contribution is 0.773. The Morgan fingerprint density at radius 2 is 0.650 bits per heavy atom. The summed E-state index contributed by atoms with van der Waals surface area (Å²) in [5.74, 6) is 0. The van der Waals surface area contributed by atoms with Crippen LogP contribution in [-0.2, 0) is 38.8 Å². The number of aromatic nitrogens is 2. The van der Waals surface area contributed by atoms with E-state index in [1.807, 2.05) is 0 Å². The normalized spacial score (nSPS) is 11.8.